The molecule has 31 heavy (non-hydrogen) atoms. The van der Waals surface area contributed by atoms with Gasteiger partial charge in [-0.3, -0.25) is 5.41 Å². The lowest BCUT2D eigenvalue weighted by molar-refractivity contribution is -0.00546. The predicted octanol–water partition coefficient (Wildman–Crippen LogP) is 2.55. The summed E-state index contributed by atoms with van der Waals surface area (Å²) in [7, 11) is 1.54. The lowest BCUT2D eigenvalue weighted by atomic mass is 10.0. The summed E-state index contributed by atoms with van der Waals surface area (Å²) in [6, 6.07) is 7.27. The standard InChI is InChI=1S/C22H25N7O2/c1-13-10-29(11-14(2)31-13)20-7-18(27-12-28-20)22(24)16-6-15(4-5-17(16)23)19-8-26-21(30-3)9-25-19/h4-9,12-14,24H,10-11,23H2,1-3H3/t13-,14?/m1/s1. The molecule has 0 amide bonds. The molecule has 1 aliphatic rings. The minimum absolute atomic E-state index is 0.111. The molecule has 0 bridgehead atoms. The lowest BCUT2D eigenvalue weighted by Gasteiger charge is -2.36. The monoisotopic (exact) mass is 419 g/mol. The summed E-state index contributed by atoms with van der Waals surface area (Å²) in [6.07, 6.45) is 4.89. The van der Waals surface area contributed by atoms with Crippen LogP contribution in [-0.2, 0) is 4.74 Å². The van der Waals surface area contributed by atoms with Crippen LogP contribution in [-0.4, -0.2) is 58.1 Å². The molecule has 0 radical (unpaired) electrons. The van der Waals surface area contributed by atoms with Crippen molar-refractivity contribution in [1.82, 2.24) is 19.9 Å². The van der Waals surface area contributed by atoms with Gasteiger partial charge in [-0.2, -0.15) is 0 Å². The number of hydrogen-bond donors (Lipinski definition) is 2. The second-order valence-corrected chi connectivity index (χ2v) is 7.54. The molecule has 0 spiro atoms. The first-order valence-corrected chi connectivity index (χ1v) is 10.0. The Labute approximate surface area is 180 Å². The van der Waals surface area contributed by atoms with Crippen LogP contribution < -0.4 is 15.4 Å². The maximum atomic E-state index is 8.76. The van der Waals surface area contributed by atoms with Gasteiger partial charge in [0.05, 0.1) is 48.8 Å². The molecule has 1 aliphatic heterocycles. The third-order valence-electron chi connectivity index (χ3n) is 5.11. The van der Waals surface area contributed by atoms with Crippen molar-refractivity contribution in [3.05, 3.63) is 54.2 Å². The predicted molar refractivity (Wildman–Crippen MR) is 119 cm³/mol. The Morgan fingerprint density at radius 2 is 1.87 bits per heavy atom. The van der Waals surface area contributed by atoms with Gasteiger partial charge in [0.25, 0.3) is 0 Å². The molecule has 0 saturated carbocycles. The molecule has 160 valence electrons. The zero-order valence-electron chi connectivity index (χ0n) is 17.7. The number of methoxy groups -OCH3 is 1. The normalized spacial score (nSPS) is 18.6. The number of anilines is 2. The SMILES string of the molecule is COc1cnc(-c2ccc(N)c(C(=N)c3cc(N4CC(C)O[C@H](C)C4)ncn3)c2)cn1. The van der Waals surface area contributed by atoms with Gasteiger partial charge in [-0.1, -0.05) is 6.07 Å². The number of nitrogen functional groups attached to an aromatic ring is 1. The number of rotatable bonds is 5. The number of nitrogens with two attached hydrogens (primary N) is 1. The van der Waals surface area contributed by atoms with Crippen LogP contribution in [0, 0.1) is 5.41 Å². The number of ether oxygens (including phenoxy) is 2. The van der Waals surface area contributed by atoms with Crippen LogP contribution in [0.2, 0.25) is 0 Å². The molecule has 2 aromatic heterocycles. The molecule has 1 aromatic carbocycles. The molecule has 1 fully saturated rings. The van der Waals surface area contributed by atoms with E-state index in [1.54, 1.807) is 25.6 Å². The van der Waals surface area contributed by atoms with Gasteiger partial charge in [-0.05, 0) is 26.0 Å². The molecule has 9 nitrogen and oxygen atoms in total. The topological polar surface area (TPSA) is 123 Å². The zero-order chi connectivity index (χ0) is 22.0. The molecule has 3 heterocycles. The fourth-order valence-corrected chi connectivity index (χ4v) is 3.66. The Kier molecular flexibility index (Phi) is 5.77. The molecule has 9 heteroatoms. The van der Waals surface area contributed by atoms with Gasteiger partial charge in [-0.15, -0.1) is 0 Å². The number of aromatic nitrogens is 4. The van der Waals surface area contributed by atoms with Crippen LogP contribution >= 0.6 is 0 Å². The van der Waals surface area contributed by atoms with Crippen molar-refractivity contribution in [2.45, 2.75) is 26.1 Å². The van der Waals surface area contributed by atoms with Gasteiger partial charge in [0.2, 0.25) is 5.88 Å². The average Bonchev–Trinajstić information content (AvgIpc) is 2.78. The van der Waals surface area contributed by atoms with Gasteiger partial charge in [0, 0.05) is 36.0 Å². The minimum atomic E-state index is 0.111. The first kappa shape index (κ1) is 20.7. The highest BCUT2D eigenvalue weighted by Gasteiger charge is 2.24. The van der Waals surface area contributed by atoms with Gasteiger partial charge in [0.1, 0.15) is 12.1 Å². The van der Waals surface area contributed by atoms with Gasteiger partial charge in [-0.25, -0.2) is 19.9 Å². The van der Waals surface area contributed by atoms with E-state index in [9.17, 15) is 0 Å². The Bertz CT molecular complexity index is 1080. The van der Waals surface area contributed by atoms with Crippen LogP contribution in [0.15, 0.2) is 43.0 Å². The maximum Gasteiger partial charge on any atom is 0.232 e. The number of morpholine rings is 1. The van der Waals surface area contributed by atoms with Crippen LogP contribution in [0.1, 0.15) is 25.1 Å². The molecule has 3 N–H and O–H groups in total. The molecule has 1 saturated heterocycles. The number of nitrogens with zero attached hydrogens (tertiary/aromatic N) is 5. The zero-order valence-corrected chi connectivity index (χ0v) is 17.7. The van der Waals surface area contributed by atoms with Crippen molar-refractivity contribution in [1.29, 1.82) is 5.41 Å². The van der Waals surface area contributed by atoms with E-state index >= 15 is 0 Å². The number of benzene rings is 1. The third-order valence-corrected chi connectivity index (χ3v) is 5.11. The molecule has 0 aliphatic carbocycles. The number of nitrogens with one attached hydrogen (secondary N) is 1. The quantitative estimate of drug-likeness (QED) is 0.478. The van der Waals surface area contributed by atoms with E-state index < -0.39 is 0 Å². The summed E-state index contributed by atoms with van der Waals surface area (Å²) in [6.45, 7) is 5.56. The number of hydrogen-bond acceptors (Lipinski definition) is 9. The summed E-state index contributed by atoms with van der Waals surface area (Å²) >= 11 is 0. The average molecular weight is 419 g/mol. The molecule has 3 aromatic rings. The molecule has 4 rings (SSSR count). The summed E-state index contributed by atoms with van der Waals surface area (Å²) in [5.41, 5.74) is 9.45. The first-order chi connectivity index (χ1) is 14.9. The smallest absolute Gasteiger partial charge is 0.232 e. The fraction of sp³-hybridized carbons (Fsp3) is 0.318. The molecular weight excluding hydrogens is 394 g/mol. The largest absolute Gasteiger partial charge is 0.480 e. The van der Waals surface area contributed by atoms with Crippen LogP contribution in [0.3, 0.4) is 0 Å². The highest BCUT2D eigenvalue weighted by molar-refractivity contribution is 6.13. The van der Waals surface area contributed by atoms with E-state index in [2.05, 4.69) is 24.8 Å². The Balaban J connectivity index is 1.63. The molecular formula is C22H25N7O2. The summed E-state index contributed by atoms with van der Waals surface area (Å²) in [4.78, 5) is 19.5. The molecule has 2 atom stereocenters. The van der Waals surface area contributed by atoms with Crippen LogP contribution in [0.25, 0.3) is 11.3 Å². The first-order valence-electron chi connectivity index (χ1n) is 10.0. The van der Waals surface area contributed by atoms with Crippen molar-refractivity contribution in [3.63, 3.8) is 0 Å². The lowest BCUT2D eigenvalue weighted by Crippen LogP contribution is -2.45. The Morgan fingerprint density at radius 3 is 2.55 bits per heavy atom. The summed E-state index contributed by atoms with van der Waals surface area (Å²) < 4.78 is 10.9. The maximum absolute atomic E-state index is 8.76. The van der Waals surface area contributed by atoms with Crippen molar-refractivity contribution in [2.24, 2.45) is 0 Å². The van der Waals surface area contributed by atoms with Gasteiger partial charge >= 0.3 is 0 Å². The van der Waals surface area contributed by atoms with E-state index in [-0.39, 0.29) is 17.9 Å². The van der Waals surface area contributed by atoms with Gasteiger partial charge in [0.15, 0.2) is 0 Å². The second-order valence-electron chi connectivity index (χ2n) is 7.54. The Morgan fingerprint density at radius 1 is 1.10 bits per heavy atom. The molecule has 1 unspecified atom stereocenters. The van der Waals surface area contributed by atoms with E-state index in [4.69, 9.17) is 20.6 Å². The highest BCUT2D eigenvalue weighted by atomic mass is 16.5. The van der Waals surface area contributed by atoms with E-state index in [1.807, 2.05) is 32.0 Å². The van der Waals surface area contributed by atoms with Gasteiger partial charge < -0.3 is 20.1 Å². The second kappa shape index (κ2) is 8.65. The minimum Gasteiger partial charge on any atom is -0.480 e. The van der Waals surface area contributed by atoms with Crippen LogP contribution in [0.5, 0.6) is 5.88 Å². The highest BCUT2D eigenvalue weighted by Crippen LogP contribution is 2.25. The van der Waals surface area contributed by atoms with Crippen molar-refractivity contribution in [2.75, 3.05) is 30.8 Å². The Hall–Kier alpha value is -3.59. The van der Waals surface area contributed by atoms with Crippen molar-refractivity contribution >= 4 is 17.2 Å². The van der Waals surface area contributed by atoms with E-state index in [0.717, 1.165) is 24.5 Å². The summed E-state index contributed by atoms with van der Waals surface area (Å²) in [5.74, 6) is 1.21. The van der Waals surface area contributed by atoms with Crippen molar-refractivity contribution in [3.8, 4) is 17.1 Å². The van der Waals surface area contributed by atoms with E-state index in [0.29, 0.717) is 28.5 Å². The van der Waals surface area contributed by atoms with Crippen molar-refractivity contribution < 1.29 is 9.47 Å². The third kappa shape index (κ3) is 4.46. The summed E-state index contributed by atoms with van der Waals surface area (Å²) in [5, 5.41) is 8.76. The van der Waals surface area contributed by atoms with E-state index in [1.165, 1.54) is 6.33 Å². The van der Waals surface area contributed by atoms with Crippen LogP contribution in [0.4, 0.5) is 11.5 Å². The fourth-order valence-electron chi connectivity index (χ4n) is 3.66.